The van der Waals surface area contributed by atoms with Gasteiger partial charge in [-0.25, -0.2) is 4.39 Å². The normalized spacial score (nSPS) is 10.6. The van der Waals surface area contributed by atoms with Crippen LogP contribution in [0, 0.1) is 5.82 Å². The van der Waals surface area contributed by atoms with E-state index in [1.807, 2.05) is 12.1 Å². The lowest BCUT2D eigenvalue weighted by atomic mass is 10.2. The third kappa shape index (κ3) is 5.02. The summed E-state index contributed by atoms with van der Waals surface area (Å²) in [4.78, 5) is 14.0. The summed E-state index contributed by atoms with van der Waals surface area (Å²) in [5.41, 5.74) is 1.43. The summed E-state index contributed by atoms with van der Waals surface area (Å²) in [6.07, 6.45) is 0. The number of hydrogen-bond donors (Lipinski definition) is 0. The second-order valence-electron chi connectivity index (χ2n) is 6.08. The monoisotopic (exact) mass is 417 g/mol. The molecule has 0 aliphatic heterocycles. The zero-order chi connectivity index (χ0) is 20.8. The van der Waals surface area contributed by atoms with Crippen LogP contribution in [0.1, 0.15) is 5.56 Å². The molecular formula is C19H20FN5O3S. The molecular weight excluding hydrogens is 397 g/mol. The van der Waals surface area contributed by atoms with Crippen molar-refractivity contribution in [3.05, 3.63) is 53.8 Å². The smallest absolute Gasteiger partial charge is 0.233 e. The van der Waals surface area contributed by atoms with E-state index in [-0.39, 0.29) is 24.0 Å². The van der Waals surface area contributed by atoms with Crippen LogP contribution in [-0.4, -0.2) is 58.0 Å². The zero-order valence-electron chi connectivity index (χ0n) is 16.2. The Kier molecular flexibility index (Phi) is 6.65. The van der Waals surface area contributed by atoms with Crippen LogP contribution in [-0.2, 0) is 11.3 Å². The molecule has 0 saturated heterocycles. The van der Waals surface area contributed by atoms with Crippen molar-refractivity contribution in [3.63, 3.8) is 0 Å². The van der Waals surface area contributed by atoms with Crippen molar-refractivity contribution in [3.8, 4) is 17.2 Å². The minimum Gasteiger partial charge on any atom is -0.497 e. The molecule has 152 valence electrons. The highest BCUT2D eigenvalue weighted by atomic mass is 32.2. The van der Waals surface area contributed by atoms with Gasteiger partial charge in [-0.2, -0.15) is 4.68 Å². The molecule has 0 aliphatic carbocycles. The average Bonchev–Trinajstić information content (AvgIpc) is 3.20. The first kappa shape index (κ1) is 20.6. The van der Waals surface area contributed by atoms with E-state index in [9.17, 15) is 9.18 Å². The lowest BCUT2D eigenvalue weighted by Crippen LogP contribution is -2.28. The van der Waals surface area contributed by atoms with E-state index in [2.05, 4.69) is 15.5 Å². The summed E-state index contributed by atoms with van der Waals surface area (Å²) in [5.74, 6) is 0.451. The Balaban J connectivity index is 1.60. The standard InChI is InChI=1S/C19H20FN5O3S/c1-24(11-13-4-9-17(28-3)16(20)10-13)18(26)12-29-19-21-22-23-25(19)14-5-7-15(27-2)8-6-14/h4-10H,11-12H2,1-3H3. The highest BCUT2D eigenvalue weighted by Crippen LogP contribution is 2.22. The van der Waals surface area contributed by atoms with Crippen LogP contribution in [0.5, 0.6) is 11.5 Å². The number of rotatable bonds is 8. The number of hydrogen-bond acceptors (Lipinski definition) is 7. The van der Waals surface area contributed by atoms with Gasteiger partial charge in [-0.1, -0.05) is 17.8 Å². The van der Waals surface area contributed by atoms with Crippen molar-refractivity contribution in [2.75, 3.05) is 27.0 Å². The second kappa shape index (κ2) is 9.37. The van der Waals surface area contributed by atoms with Gasteiger partial charge in [-0.05, 0) is 52.4 Å². The molecule has 0 saturated carbocycles. The number of amides is 1. The quantitative estimate of drug-likeness (QED) is 0.521. The van der Waals surface area contributed by atoms with E-state index in [4.69, 9.17) is 9.47 Å². The van der Waals surface area contributed by atoms with Gasteiger partial charge in [0.05, 0.1) is 25.7 Å². The molecule has 0 aliphatic rings. The third-order valence-corrected chi connectivity index (χ3v) is 5.05. The van der Waals surface area contributed by atoms with Gasteiger partial charge in [0.2, 0.25) is 11.1 Å². The first-order valence-electron chi connectivity index (χ1n) is 8.64. The highest BCUT2D eigenvalue weighted by Gasteiger charge is 2.15. The number of tetrazole rings is 1. The van der Waals surface area contributed by atoms with E-state index in [0.717, 1.165) is 11.4 Å². The van der Waals surface area contributed by atoms with Crippen LogP contribution in [0.3, 0.4) is 0 Å². The second-order valence-corrected chi connectivity index (χ2v) is 7.02. The molecule has 0 unspecified atom stereocenters. The Hall–Kier alpha value is -3.14. The molecule has 29 heavy (non-hydrogen) atoms. The van der Waals surface area contributed by atoms with Gasteiger partial charge in [-0.3, -0.25) is 4.79 Å². The number of methoxy groups -OCH3 is 2. The number of ether oxygens (including phenoxy) is 2. The maximum Gasteiger partial charge on any atom is 0.233 e. The van der Waals surface area contributed by atoms with Crippen LogP contribution in [0.4, 0.5) is 4.39 Å². The molecule has 0 spiro atoms. The number of benzene rings is 2. The Labute approximate surface area is 171 Å². The van der Waals surface area contributed by atoms with Crippen molar-refractivity contribution in [2.45, 2.75) is 11.7 Å². The molecule has 3 rings (SSSR count). The van der Waals surface area contributed by atoms with Gasteiger partial charge in [0.25, 0.3) is 0 Å². The van der Waals surface area contributed by atoms with Crippen molar-refractivity contribution < 1.29 is 18.7 Å². The molecule has 0 radical (unpaired) electrons. The summed E-state index contributed by atoms with van der Waals surface area (Å²) < 4.78 is 25.4. The fraction of sp³-hybridized carbons (Fsp3) is 0.263. The van der Waals surface area contributed by atoms with E-state index in [0.29, 0.717) is 10.7 Å². The number of carbonyl (C=O) groups excluding carboxylic acids is 1. The molecule has 8 nitrogen and oxygen atoms in total. The molecule has 1 heterocycles. The lowest BCUT2D eigenvalue weighted by molar-refractivity contribution is -0.127. The molecule has 10 heteroatoms. The van der Waals surface area contributed by atoms with Crippen LogP contribution in [0.25, 0.3) is 5.69 Å². The summed E-state index contributed by atoms with van der Waals surface area (Å²) in [6.45, 7) is 0.281. The van der Waals surface area contributed by atoms with Gasteiger partial charge in [0, 0.05) is 13.6 Å². The molecule has 2 aromatic carbocycles. The predicted octanol–water partition coefficient (Wildman–Crippen LogP) is 2.57. The highest BCUT2D eigenvalue weighted by molar-refractivity contribution is 7.99. The van der Waals surface area contributed by atoms with Crippen LogP contribution in [0.2, 0.25) is 0 Å². The fourth-order valence-electron chi connectivity index (χ4n) is 2.56. The maximum absolute atomic E-state index is 13.8. The molecule has 0 N–H and O–H groups in total. The first-order valence-corrected chi connectivity index (χ1v) is 9.62. The van der Waals surface area contributed by atoms with Gasteiger partial charge in [0.15, 0.2) is 11.6 Å². The third-order valence-electron chi connectivity index (χ3n) is 4.14. The molecule has 1 aromatic heterocycles. The molecule has 0 fully saturated rings. The Bertz CT molecular complexity index is 980. The van der Waals surface area contributed by atoms with Gasteiger partial charge < -0.3 is 14.4 Å². The lowest BCUT2D eigenvalue weighted by Gasteiger charge is -2.17. The van der Waals surface area contributed by atoms with Crippen LogP contribution < -0.4 is 9.47 Å². The minimum absolute atomic E-state index is 0.129. The van der Waals surface area contributed by atoms with E-state index < -0.39 is 5.82 Å². The number of thioether (sulfide) groups is 1. The number of carbonyl (C=O) groups is 1. The predicted molar refractivity (Wildman–Crippen MR) is 106 cm³/mol. The van der Waals surface area contributed by atoms with Crippen LogP contribution in [0.15, 0.2) is 47.6 Å². The topological polar surface area (TPSA) is 82.4 Å². The van der Waals surface area contributed by atoms with Crippen molar-refractivity contribution in [2.24, 2.45) is 0 Å². The molecule has 0 atom stereocenters. The zero-order valence-corrected chi connectivity index (χ0v) is 17.0. The Morgan fingerprint density at radius 1 is 1.17 bits per heavy atom. The summed E-state index contributed by atoms with van der Waals surface area (Å²) in [5, 5.41) is 12.1. The average molecular weight is 417 g/mol. The van der Waals surface area contributed by atoms with Crippen molar-refractivity contribution >= 4 is 17.7 Å². The summed E-state index contributed by atoms with van der Waals surface area (Å²) in [6, 6.07) is 11.9. The summed E-state index contributed by atoms with van der Waals surface area (Å²) >= 11 is 1.23. The van der Waals surface area contributed by atoms with Crippen LogP contribution >= 0.6 is 11.8 Å². The Morgan fingerprint density at radius 2 is 1.93 bits per heavy atom. The minimum atomic E-state index is -0.459. The largest absolute Gasteiger partial charge is 0.497 e. The SMILES string of the molecule is COc1ccc(-n2nnnc2SCC(=O)N(C)Cc2ccc(OC)c(F)c2)cc1. The van der Waals surface area contributed by atoms with Gasteiger partial charge in [0.1, 0.15) is 5.75 Å². The molecule has 0 bridgehead atoms. The van der Waals surface area contributed by atoms with E-state index in [1.54, 1.807) is 43.1 Å². The number of aromatic nitrogens is 4. The number of halogens is 1. The van der Waals surface area contributed by atoms with Gasteiger partial charge in [-0.15, -0.1) is 5.10 Å². The van der Waals surface area contributed by atoms with Crippen molar-refractivity contribution in [1.29, 1.82) is 0 Å². The van der Waals surface area contributed by atoms with E-state index in [1.165, 1.54) is 29.8 Å². The van der Waals surface area contributed by atoms with Crippen molar-refractivity contribution in [1.82, 2.24) is 25.1 Å². The fourth-order valence-corrected chi connectivity index (χ4v) is 3.39. The van der Waals surface area contributed by atoms with Gasteiger partial charge >= 0.3 is 0 Å². The Morgan fingerprint density at radius 3 is 2.59 bits per heavy atom. The molecule has 1 amide bonds. The molecule has 3 aromatic rings. The van der Waals surface area contributed by atoms with E-state index >= 15 is 0 Å². The number of nitrogens with zero attached hydrogens (tertiary/aromatic N) is 5. The first-order chi connectivity index (χ1) is 14.0. The summed E-state index contributed by atoms with van der Waals surface area (Å²) in [7, 11) is 4.66. The maximum atomic E-state index is 13.8.